The zero-order chi connectivity index (χ0) is 21.0. The molecule has 2 aromatic rings. The topological polar surface area (TPSA) is 103 Å². The van der Waals surface area contributed by atoms with Crippen molar-refractivity contribution in [1.82, 2.24) is 20.0 Å². The average Bonchev–Trinajstić information content (AvgIpc) is 3.42. The fraction of sp³-hybridized carbons (Fsp3) is 0.500. The van der Waals surface area contributed by atoms with Crippen LogP contribution in [0.15, 0.2) is 22.8 Å². The first kappa shape index (κ1) is 20.9. The molecule has 0 aromatic carbocycles. The van der Waals surface area contributed by atoms with E-state index in [-0.39, 0.29) is 5.91 Å². The number of fused-ring (bicyclic) bond motifs is 1. The second-order valence-corrected chi connectivity index (χ2v) is 6.87. The maximum atomic E-state index is 12.5. The highest BCUT2D eigenvalue weighted by Crippen LogP contribution is 2.23. The molecule has 2 aromatic heterocycles. The molecule has 0 bridgehead atoms. The summed E-state index contributed by atoms with van der Waals surface area (Å²) in [5, 5.41) is 14.5. The van der Waals surface area contributed by atoms with Crippen LogP contribution in [0.3, 0.4) is 0 Å². The summed E-state index contributed by atoms with van der Waals surface area (Å²) >= 11 is 0. The van der Waals surface area contributed by atoms with Crippen LogP contribution in [0.4, 0.5) is 13.2 Å². The minimum Gasteiger partial charge on any atom is -0.475 e. The fourth-order valence-corrected chi connectivity index (χ4v) is 3.38. The number of hydrogen-bond donors (Lipinski definition) is 2. The van der Waals surface area contributed by atoms with Crippen molar-refractivity contribution in [2.24, 2.45) is 0 Å². The molecule has 8 nitrogen and oxygen atoms in total. The van der Waals surface area contributed by atoms with Crippen LogP contribution in [-0.4, -0.2) is 62.8 Å². The number of carboxylic acid groups (broad SMARTS) is 1. The van der Waals surface area contributed by atoms with Crippen molar-refractivity contribution in [3.05, 3.63) is 41.1 Å². The van der Waals surface area contributed by atoms with Crippen LogP contribution >= 0.6 is 0 Å². The number of alkyl halides is 3. The number of aliphatic carboxylic acids is 1. The number of aromatic amines is 1. The molecule has 0 aliphatic carbocycles. The number of nitrogens with zero attached hydrogens (tertiary/aromatic N) is 3. The summed E-state index contributed by atoms with van der Waals surface area (Å²) in [7, 11) is 0. The summed E-state index contributed by atoms with van der Waals surface area (Å²) < 4.78 is 37.1. The molecule has 1 amide bonds. The van der Waals surface area contributed by atoms with Crippen LogP contribution in [0.1, 0.15) is 40.3 Å². The molecule has 2 aliphatic rings. The summed E-state index contributed by atoms with van der Waals surface area (Å²) in [4.78, 5) is 25.7. The third-order valence-corrected chi connectivity index (χ3v) is 4.81. The van der Waals surface area contributed by atoms with Crippen molar-refractivity contribution in [3.63, 3.8) is 0 Å². The van der Waals surface area contributed by atoms with Gasteiger partial charge >= 0.3 is 12.1 Å². The van der Waals surface area contributed by atoms with Crippen LogP contribution in [0.25, 0.3) is 0 Å². The third-order valence-electron chi connectivity index (χ3n) is 4.81. The molecule has 0 atom stereocenters. The van der Waals surface area contributed by atoms with Gasteiger partial charge in [-0.3, -0.25) is 14.8 Å². The lowest BCUT2D eigenvalue weighted by Gasteiger charge is -2.26. The first-order chi connectivity index (χ1) is 13.8. The third kappa shape index (κ3) is 5.17. The van der Waals surface area contributed by atoms with E-state index in [2.05, 4.69) is 15.1 Å². The lowest BCUT2D eigenvalue weighted by atomic mass is 10.0. The zero-order valence-corrected chi connectivity index (χ0v) is 15.5. The first-order valence-corrected chi connectivity index (χ1v) is 9.16. The van der Waals surface area contributed by atoms with Crippen molar-refractivity contribution in [2.45, 2.75) is 38.5 Å². The van der Waals surface area contributed by atoms with Gasteiger partial charge in [0.2, 0.25) is 0 Å². The molecule has 0 radical (unpaired) electrons. The number of rotatable bonds is 3. The van der Waals surface area contributed by atoms with Crippen LogP contribution in [-0.2, 0) is 24.3 Å². The zero-order valence-electron chi connectivity index (χ0n) is 15.5. The Kier molecular flexibility index (Phi) is 6.26. The highest BCUT2D eigenvalue weighted by atomic mass is 19.4. The van der Waals surface area contributed by atoms with E-state index >= 15 is 0 Å². The molecular weight excluding hydrogens is 393 g/mol. The van der Waals surface area contributed by atoms with E-state index in [1.165, 1.54) is 0 Å². The van der Waals surface area contributed by atoms with Crippen LogP contribution in [0.2, 0.25) is 0 Å². The van der Waals surface area contributed by atoms with Gasteiger partial charge in [-0.1, -0.05) is 0 Å². The Hall–Kier alpha value is -2.82. The Labute approximate surface area is 164 Å². The molecule has 1 fully saturated rings. The standard InChI is InChI=1S/C16H20N4O2.C2HF3O2/c21-16(20-6-1-2-7-20)15-13-5-8-19(11-14(13)17-18-15)10-12-4-3-9-22-12;3-2(4,5)1(6)7/h3-4,9H,1-2,5-8,10-11H2,(H,17,18);(H,6,7). The molecular formula is C18H21F3N4O4. The smallest absolute Gasteiger partial charge is 0.475 e. The van der Waals surface area contributed by atoms with E-state index in [4.69, 9.17) is 14.3 Å². The average molecular weight is 414 g/mol. The molecule has 158 valence electrons. The number of furan rings is 1. The van der Waals surface area contributed by atoms with Gasteiger partial charge < -0.3 is 14.4 Å². The lowest BCUT2D eigenvalue weighted by Crippen LogP contribution is -2.32. The monoisotopic (exact) mass is 414 g/mol. The number of carbonyl (C=O) groups excluding carboxylic acids is 1. The number of likely N-dealkylation sites (tertiary alicyclic amines) is 1. The van der Waals surface area contributed by atoms with Gasteiger partial charge in [0.25, 0.3) is 5.91 Å². The maximum absolute atomic E-state index is 12.5. The highest BCUT2D eigenvalue weighted by molar-refractivity contribution is 5.94. The summed E-state index contributed by atoms with van der Waals surface area (Å²) in [6.07, 6.45) is -0.306. The molecule has 2 aliphatic heterocycles. The Balaban J connectivity index is 0.000000298. The number of hydrogen-bond acceptors (Lipinski definition) is 5. The Morgan fingerprint density at radius 1 is 1.24 bits per heavy atom. The Morgan fingerprint density at radius 2 is 1.93 bits per heavy atom. The van der Waals surface area contributed by atoms with Crippen molar-refractivity contribution >= 4 is 11.9 Å². The molecule has 11 heteroatoms. The minimum atomic E-state index is -5.08. The Bertz CT molecular complexity index is 842. The number of H-pyrrole nitrogens is 1. The van der Waals surface area contributed by atoms with E-state index in [1.54, 1.807) is 6.26 Å². The first-order valence-electron chi connectivity index (χ1n) is 9.16. The number of nitrogens with one attached hydrogen (secondary N) is 1. The number of carbonyl (C=O) groups is 2. The maximum Gasteiger partial charge on any atom is 0.490 e. The lowest BCUT2D eigenvalue weighted by molar-refractivity contribution is -0.192. The Morgan fingerprint density at radius 3 is 2.52 bits per heavy atom. The molecule has 0 unspecified atom stereocenters. The SMILES string of the molecule is O=C(O)C(F)(F)F.O=C(c1n[nH]c2c1CCN(Cc1ccco1)C2)N1CCCC1. The molecule has 0 saturated carbocycles. The van der Waals surface area contributed by atoms with Gasteiger partial charge in [0, 0.05) is 31.7 Å². The molecule has 29 heavy (non-hydrogen) atoms. The highest BCUT2D eigenvalue weighted by Gasteiger charge is 2.38. The predicted molar refractivity (Wildman–Crippen MR) is 93.9 cm³/mol. The van der Waals surface area contributed by atoms with Gasteiger partial charge in [-0.15, -0.1) is 0 Å². The second-order valence-electron chi connectivity index (χ2n) is 6.87. The minimum absolute atomic E-state index is 0.0921. The molecule has 0 spiro atoms. The van der Waals surface area contributed by atoms with E-state index in [0.717, 1.165) is 69.0 Å². The van der Waals surface area contributed by atoms with Crippen LogP contribution in [0, 0.1) is 0 Å². The summed E-state index contributed by atoms with van der Waals surface area (Å²) in [5.41, 5.74) is 2.81. The van der Waals surface area contributed by atoms with Crippen molar-refractivity contribution < 1.29 is 32.3 Å². The molecule has 2 N–H and O–H groups in total. The number of carboxylic acids is 1. The van der Waals surface area contributed by atoms with Gasteiger partial charge in [-0.2, -0.15) is 18.3 Å². The quantitative estimate of drug-likeness (QED) is 0.800. The predicted octanol–water partition coefficient (Wildman–Crippen LogP) is 2.43. The molecule has 4 heterocycles. The summed E-state index contributed by atoms with van der Waals surface area (Å²) in [5.74, 6) is -1.70. The van der Waals surface area contributed by atoms with Gasteiger partial charge in [0.15, 0.2) is 5.69 Å². The van der Waals surface area contributed by atoms with Crippen LogP contribution in [0.5, 0.6) is 0 Å². The van der Waals surface area contributed by atoms with Gasteiger partial charge in [0.1, 0.15) is 5.76 Å². The van der Waals surface area contributed by atoms with Gasteiger partial charge in [0.05, 0.1) is 18.5 Å². The largest absolute Gasteiger partial charge is 0.490 e. The molecule has 4 rings (SSSR count). The summed E-state index contributed by atoms with van der Waals surface area (Å²) in [6, 6.07) is 3.90. The molecule has 1 saturated heterocycles. The summed E-state index contributed by atoms with van der Waals surface area (Å²) in [6.45, 7) is 4.24. The number of amides is 1. The number of halogens is 3. The van der Waals surface area contributed by atoms with Gasteiger partial charge in [-0.05, 0) is 31.4 Å². The van der Waals surface area contributed by atoms with Crippen LogP contribution < -0.4 is 0 Å². The second kappa shape index (κ2) is 8.68. The van der Waals surface area contributed by atoms with Crippen molar-refractivity contribution in [2.75, 3.05) is 19.6 Å². The van der Waals surface area contributed by atoms with Gasteiger partial charge in [-0.25, -0.2) is 4.79 Å². The van der Waals surface area contributed by atoms with E-state index in [1.807, 2.05) is 17.0 Å². The van der Waals surface area contributed by atoms with E-state index in [9.17, 15) is 18.0 Å². The normalized spacial score (nSPS) is 16.9. The van der Waals surface area contributed by atoms with E-state index < -0.39 is 12.1 Å². The van der Waals surface area contributed by atoms with Crippen molar-refractivity contribution in [1.29, 1.82) is 0 Å². The fourth-order valence-electron chi connectivity index (χ4n) is 3.38. The van der Waals surface area contributed by atoms with E-state index in [0.29, 0.717) is 5.69 Å². The van der Waals surface area contributed by atoms with Crippen molar-refractivity contribution in [3.8, 4) is 0 Å². The number of aromatic nitrogens is 2.